The molecule has 0 unspecified atom stereocenters. The molecule has 1 atom stereocenters. The summed E-state index contributed by atoms with van der Waals surface area (Å²) in [4.78, 5) is 107. The van der Waals surface area contributed by atoms with Crippen molar-refractivity contribution < 1.29 is 52.7 Å². The molecule has 2 heterocycles. The highest BCUT2D eigenvalue weighted by Gasteiger charge is 2.21. The Labute approximate surface area is 523 Å². The predicted octanol–water partition coefficient (Wildman–Crippen LogP) is 17.0. The highest BCUT2D eigenvalue weighted by atomic mass is 16.5. The van der Waals surface area contributed by atoms with Crippen LogP contribution in [0.5, 0.6) is 0 Å². The first-order valence-corrected chi connectivity index (χ1v) is 32.4. The van der Waals surface area contributed by atoms with Gasteiger partial charge in [0.25, 0.3) is 0 Å². The van der Waals surface area contributed by atoms with Crippen LogP contribution in [0.25, 0.3) is 0 Å². The van der Waals surface area contributed by atoms with E-state index >= 15 is 0 Å². The van der Waals surface area contributed by atoms with Crippen molar-refractivity contribution in [3.05, 3.63) is 142 Å². The number of rotatable bonds is 13. The second kappa shape index (κ2) is 48.2. The molecule has 0 aromatic carbocycles. The molecular formula is C75H107NO11. The van der Waals surface area contributed by atoms with Crippen molar-refractivity contribution >= 4 is 58.1 Å². The molecule has 0 saturated heterocycles. The second-order valence-electron chi connectivity index (χ2n) is 23.2. The molecule has 8 aliphatic carbocycles. The van der Waals surface area contributed by atoms with Crippen LogP contribution in [0.4, 0.5) is 0 Å². The molecule has 12 nitrogen and oxygen atoms in total. The summed E-state index contributed by atoms with van der Waals surface area (Å²) in [5.41, 5.74) is 10.2. The normalized spacial score (nSPS) is 19.4. The molecule has 0 spiro atoms. The minimum Gasteiger partial charge on any atom is -0.458 e. The lowest BCUT2D eigenvalue weighted by atomic mass is 9.85. The van der Waals surface area contributed by atoms with Gasteiger partial charge in [-0.3, -0.25) is 43.2 Å². The van der Waals surface area contributed by atoms with Crippen LogP contribution < -0.4 is 5.32 Å². The third-order valence-corrected chi connectivity index (χ3v) is 15.5. The summed E-state index contributed by atoms with van der Waals surface area (Å²) in [5, 5.41) is 2.66. The van der Waals surface area contributed by atoms with Gasteiger partial charge >= 0.3 is 5.97 Å². The first-order valence-electron chi connectivity index (χ1n) is 32.4. The van der Waals surface area contributed by atoms with Crippen molar-refractivity contribution in [3.8, 4) is 0 Å². The van der Waals surface area contributed by atoms with E-state index in [1.165, 1.54) is 67.7 Å². The van der Waals surface area contributed by atoms with Gasteiger partial charge in [-0.15, -0.1) is 0 Å². The number of ether oxygens (including phenoxy) is 1. The molecule has 1 amide bonds. The topological polar surface area (TPSA) is 192 Å². The van der Waals surface area contributed by atoms with Gasteiger partial charge in [-0.05, 0) is 208 Å². The fraction of sp³-hybridized carbons (Fsp3) is 0.547. The van der Waals surface area contributed by atoms with Crippen LogP contribution in [-0.2, 0) is 52.7 Å². The number of allylic oxidation sites excluding steroid dienone is 19. The predicted molar refractivity (Wildman–Crippen MR) is 354 cm³/mol. The third kappa shape index (κ3) is 38.2. The van der Waals surface area contributed by atoms with Crippen LogP contribution in [-0.4, -0.2) is 71.3 Å². The van der Waals surface area contributed by atoms with Gasteiger partial charge < -0.3 is 10.1 Å². The summed E-state index contributed by atoms with van der Waals surface area (Å²) < 4.78 is 4.40. The number of cyclic esters (lactones) is 1. The average Bonchev–Trinajstić information content (AvgIpc) is 4.57. The van der Waals surface area contributed by atoms with Gasteiger partial charge in [0.05, 0.1) is 0 Å². The van der Waals surface area contributed by atoms with Gasteiger partial charge in [-0.1, -0.05) is 130 Å². The second-order valence-corrected chi connectivity index (χ2v) is 23.2. The lowest BCUT2D eigenvalue weighted by molar-refractivity contribution is -0.135. The number of carbonyl (C=O) groups excluding carboxylic acids is 10. The highest BCUT2D eigenvalue weighted by Crippen LogP contribution is 2.28. The zero-order chi connectivity index (χ0) is 64.8. The number of unbranched alkanes of at least 4 members (excludes halogenated alkanes) is 5. The molecular weight excluding hydrogens is 1090 g/mol. The maximum atomic E-state index is 11.3. The molecule has 12 heteroatoms. The Morgan fingerprint density at radius 3 is 1.51 bits per heavy atom. The van der Waals surface area contributed by atoms with E-state index in [2.05, 4.69) is 69.5 Å². The van der Waals surface area contributed by atoms with Crippen molar-refractivity contribution in [2.24, 2.45) is 5.92 Å². The monoisotopic (exact) mass is 1200 g/mol. The van der Waals surface area contributed by atoms with E-state index in [4.69, 9.17) is 0 Å². The minimum absolute atomic E-state index is 0.0336. The van der Waals surface area contributed by atoms with Gasteiger partial charge in [0.1, 0.15) is 6.61 Å². The number of amides is 1. The molecule has 478 valence electrons. The van der Waals surface area contributed by atoms with Crippen LogP contribution >= 0.6 is 0 Å². The first-order chi connectivity index (χ1) is 41.6. The highest BCUT2D eigenvalue weighted by molar-refractivity contribution is 6.00. The van der Waals surface area contributed by atoms with Gasteiger partial charge in [0.15, 0.2) is 46.3 Å². The van der Waals surface area contributed by atoms with Crippen LogP contribution in [0.15, 0.2) is 142 Å². The Morgan fingerprint density at radius 2 is 1.15 bits per heavy atom. The standard InChI is InChI=1S/C11H18O.C11H16O.C11H18O.C10H14O.3C6H8O.C5H7NO.C5H6O.C4H4O2/c2*1-3-4-5-6-10-9(2)7-8-11(10)12;1-2-3-4-5-7-10-8-6-9-11(10)12;1-7(2)9-5-4-8(3)10(11)6-9;1-5-2-3-6(7)4-5;1-5-3-2-4-6(5)7;7-6-4-2-1-3-5-6;7-5-3-1-2-4-6-5;6-5-3-1-2-4-5;5-4-2-1-3-6-4/h3-8H2,1-2H3;4-5H,3,6-8H2,1-2H3;8H,2-7,9H2,1H3;4,9H,1,5-6H2,2-3H3;4H,2-3H2,1H3;3H,2,4H2,1H3;2,4H,1,3,5H2;1,3H,2,4H2,(H,6,7);1,3H,2,4H2;1-2H,3H2/b;5-4-;;;;;;;;/t;;;9-;;;;;;/m...0....../s1. The molecule has 10 aliphatic rings. The van der Waals surface area contributed by atoms with Crippen molar-refractivity contribution in [2.45, 2.75) is 249 Å². The number of Topliss-reactive ketones (excluding diaryl/α,β-unsaturated/α-hetero) is 5. The van der Waals surface area contributed by atoms with Crippen molar-refractivity contribution in [1.82, 2.24) is 5.32 Å². The molecule has 0 fully saturated rings. The summed E-state index contributed by atoms with van der Waals surface area (Å²) in [5.74, 6) is 2.80. The molecule has 0 bridgehead atoms. The van der Waals surface area contributed by atoms with E-state index in [-0.39, 0.29) is 35.0 Å². The van der Waals surface area contributed by atoms with Gasteiger partial charge in [0.2, 0.25) is 5.91 Å². The molecule has 1 N–H and O–H groups in total. The van der Waals surface area contributed by atoms with E-state index in [1.807, 2.05) is 58.1 Å². The van der Waals surface area contributed by atoms with E-state index in [1.54, 1.807) is 30.4 Å². The largest absolute Gasteiger partial charge is 0.458 e. The van der Waals surface area contributed by atoms with Crippen LogP contribution in [0.1, 0.15) is 249 Å². The van der Waals surface area contributed by atoms with Gasteiger partial charge in [0, 0.05) is 64.0 Å². The lowest BCUT2D eigenvalue weighted by Crippen LogP contribution is -2.24. The average molecular weight is 1200 g/mol. The molecule has 87 heavy (non-hydrogen) atoms. The van der Waals surface area contributed by atoms with Crippen LogP contribution in [0.3, 0.4) is 0 Å². The Balaban J connectivity index is 0.000000488. The number of hydrogen-bond acceptors (Lipinski definition) is 11. The summed E-state index contributed by atoms with van der Waals surface area (Å²) >= 11 is 0. The molecule has 0 radical (unpaired) electrons. The molecule has 0 aromatic heterocycles. The Morgan fingerprint density at radius 1 is 0.540 bits per heavy atom. The van der Waals surface area contributed by atoms with E-state index < -0.39 is 0 Å². The molecule has 0 aromatic rings. The quantitative estimate of drug-likeness (QED) is 0.105. The number of carbonyl (C=O) groups is 10. The lowest BCUT2D eigenvalue weighted by Gasteiger charge is -2.18. The van der Waals surface area contributed by atoms with Crippen molar-refractivity contribution in [2.75, 3.05) is 13.2 Å². The van der Waals surface area contributed by atoms with E-state index in [0.717, 1.165) is 175 Å². The summed E-state index contributed by atoms with van der Waals surface area (Å²) in [6.07, 6.45) is 54.4. The number of esters is 1. The fourth-order valence-electron chi connectivity index (χ4n) is 9.69. The molecule has 2 aliphatic heterocycles. The summed E-state index contributed by atoms with van der Waals surface area (Å²) in [7, 11) is 0. The number of nitrogens with one attached hydrogen (secondary N) is 1. The van der Waals surface area contributed by atoms with E-state index in [9.17, 15) is 47.9 Å². The Hall–Kier alpha value is -6.82. The zero-order valence-electron chi connectivity index (χ0n) is 54.8. The first kappa shape index (κ1) is 78.2. The van der Waals surface area contributed by atoms with Crippen LogP contribution in [0, 0.1) is 5.92 Å². The van der Waals surface area contributed by atoms with E-state index in [0.29, 0.717) is 42.1 Å². The molecule has 10 rings (SSSR count). The third-order valence-electron chi connectivity index (χ3n) is 15.5. The Kier molecular flexibility index (Phi) is 43.3. The maximum Gasteiger partial charge on any atom is 0.330 e. The maximum absolute atomic E-state index is 11.3. The van der Waals surface area contributed by atoms with Crippen molar-refractivity contribution in [1.29, 1.82) is 0 Å². The van der Waals surface area contributed by atoms with Crippen LogP contribution in [0.2, 0.25) is 0 Å². The zero-order valence-corrected chi connectivity index (χ0v) is 54.8. The number of ketones is 8. The molecule has 0 saturated carbocycles. The number of hydrogen-bond donors (Lipinski definition) is 1. The smallest absolute Gasteiger partial charge is 0.330 e. The summed E-state index contributed by atoms with van der Waals surface area (Å²) in [6, 6.07) is 0. The van der Waals surface area contributed by atoms with Gasteiger partial charge in [-0.25, -0.2) is 4.79 Å². The van der Waals surface area contributed by atoms with Gasteiger partial charge in [-0.2, -0.15) is 0 Å². The minimum atomic E-state index is -0.227. The Bertz CT molecular complexity index is 2610. The van der Waals surface area contributed by atoms with Crippen molar-refractivity contribution in [3.63, 3.8) is 0 Å². The fourth-order valence-corrected chi connectivity index (χ4v) is 9.69. The summed E-state index contributed by atoms with van der Waals surface area (Å²) in [6.45, 7) is 23.5. The SMILES string of the molecule is C=C(C)[C@H]1CC=C(C)C(=O)C1.CC/C=C\CC1=C(C)CCC1=O.CC1=CC(=O)CC1.CC1=CCCC1=O.CCCCCC1=C(C)CCC1=O.CCCCCCC1=CCCC1=O.O=C1C=CCC1.O=C1C=CCCC1.O=C1C=CCCN1.O=C1C=CCO1.